The summed E-state index contributed by atoms with van der Waals surface area (Å²) in [6.45, 7) is -0.800. The SMILES string of the molecule is Cl.O=C(O)C(=O)O.O=C(O)[C@H](O)[C@@H](O)[C@H](O)CO. The molecule has 0 bridgehead atoms. The number of carboxylic acid groups (broad SMARTS) is 3. The highest BCUT2D eigenvalue weighted by Gasteiger charge is 2.29. The van der Waals surface area contributed by atoms with Gasteiger partial charge in [0.25, 0.3) is 0 Å². The predicted molar refractivity (Wildman–Crippen MR) is 55.3 cm³/mol. The van der Waals surface area contributed by atoms with E-state index in [1.807, 2.05) is 0 Å². The Hall–Kier alpha value is -1.46. The van der Waals surface area contributed by atoms with Gasteiger partial charge in [-0.2, -0.15) is 0 Å². The van der Waals surface area contributed by atoms with Crippen LogP contribution in [0.3, 0.4) is 0 Å². The van der Waals surface area contributed by atoms with Crippen molar-refractivity contribution in [1.82, 2.24) is 0 Å². The van der Waals surface area contributed by atoms with Crippen LogP contribution < -0.4 is 0 Å². The number of carboxylic acids is 3. The zero-order valence-electron chi connectivity index (χ0n) is 8.70. The lowest BCUT2D eigenvalue weighted by atomic mass is 10.1. The molecule has 108 valence electrons. The van der Waals surface area contributed by atoms with Crippen LogP contribution in [0.4, 0.5) is 0 Å². The van der Waals surface area contributed by atoms with Gasteiger partial charge < -0.3 is 35.7 Å². The van der Waals surface area contributed by atoms with Crippen molar-refractivity contribution >= 4 is 30.3 Å². The van der Waals surface area contributed by atoms with Crippen LogP contribution in [-0.2, 0) is 14.4 Å². The summed E-state index contributed by atoms with van der Waals surface area (Å²) in [5.74, 6) is -5.30. The van der Waals surface area contributed by atoms with E-state index in [2.05, 4.69) is 0 Å². The minimum Gasteiger partial charge on any atom is -0.479 e. The van der Waals surface area contributed by atoms with Crippen molar-refractivity contribution in [3.05, 3.63) is 0 Å². The summed E-state index contributed by atoms with van der Waals surface area (Å²) in [5.41, 5.74) is 0. The lowest BCUT2D eigenvalue weighted by Crippen LogP contribution is -2.43. The molecule has 18 heavy (non-hydrogen) atoms. The van der Waals surface area contributed by atoms with Crippen molar-refractivity contribution in [2.24, 2.45) is 0 Å². The number of carbonyl (C=O) groups is 3. The number of hydrogen-bond acceptors (Lipinski definition) is 7. The molecule has 3 atom stereocenters. The molecule has 0 heterocycles. The Morgan fingerprint density at radius 1 is 0.889 bits per heavy atom. The summed E-state index contributed by atoms with van der Waals surface area (Å²) in [5, 5.41) is 57.0. The first-order chi connectivity index (χ1) is 7.64. The van der Waals surface area contributed by atoms with Crippen LogP contribution in [-0.4, -0.2) is 78.6 Å². The molecule has 10 nitrogen and oxygen atoms in total. The van der Waals surface area contributed by atoms with Crippen molar-refractivity contribution in [2.75, 3.05) is 6.61 Å². The molecule has 0 aliphatic carbocycles. The highest BCUT2D eigenvalue weighted by Crippen LogP contribution is 1.99. The third-order valence-electron chi connectivity index (χ3n) is 1.34. The first-order valence-electron chi connectivity index (χ1n) is 3.99. The van der Waals surface area contributed by atoms with Crippen molar-refractivity contribution in [1.29, 1.82) is 0 Å². The van der Waals surface area contributed by atoms with Crippen LogP contribution in [0, 0.1) is 0 Å². The van der Waals surface area contributed by atoms with Gasteiger partial charge in [0.1, 0.15) is 12.2 Å². The third kappa shape index (κ3) is 9.74. The third-order valence-corrected chi connectivity index (χ3v) is 1.34. The normalized spacial score (nSPS) is 14.0. The molecule has 0 saturated heterocycles. The van der Waals surface area contributed by atoms with Gasteiger partial charge >= 0.3 is 17.9 Å². The Morgan fingerprint density at radius 2 is 1.22 bits per heavy atom. The molecule has 0 aliphatic heterocycles. The van der Waals surface area contributed by atoms with Crippen molar-refractivity contribution in [2.45, 2.75) is 18.3 Å². The molecule has 0 saturated carbocycles. The number of aliphatic hydroxyl groups excluding tert-OH is 4. The summed E-state index contributed by atoms with van der Waals surface area (Å²) in [6, 6.07) is 0. The molecule has 7 N–H and O–H groups in total. The highest BCUT2D eigenvalue weighted by molar-refractivity contribution is 6.27. The quantitative estimate of drug-likeness (QED) is 0.258. The van der Waals surface area contributed by atoms with E-state index in [9.17, 15) is 4.79 Å². The second-order valence-corrected chi connectivity index (χ2v) is 2.63. The monoisotopic (exact) mass is 292 g/mol. The zero-order valence-corrected chi connectivity index (χ0v) is 9.52. The van der Waals surface area contributed by atoms with Gasteiger partial charge in [0.2, 0.25) is 0 Å². The number of aliphatic carboxylic acids is 3. The van der Waals surface area contributed by atoms with Crippen LogP contribution in [0.25, 0.3) is 0 Å². The Bertz CT molecular complexity index is 267. The lowest BCUT2D eigenvalue weighted by molar-refractivity contribution is -0.159. The summed E-state index contributed by atoms with van der Waals surface area (Å²) < 4.78 is 0. The molecule has 0 spiro atoms. The smallest absolute Gasteiger partial charge is 0.414 e. The minimum absolute atomic E-state index is 0. The van der Waals surface area contributed by atoms with Gasteiger partial charge in [-0.3, -0.25) is 0 Å². The number of aliphatic hydroxyl groups is 4. The van der Waals surface area contributed by atoms with E-state index in [0.29, 0.717) is 0 Å². The van der Waals surface area contributed by atoms with Crippen LogP contribution in [0.1, 0.15) is 0 Å². The topological polar surface area (TPSA) is 193 Å². The van der Waals surface area contributed by atoms with E-state index in [4.69, 9.17) is 45.3 Å². The molecule has 0 aliphatic rings. The summed E-state index contributed by atoms with van der Waals surface area (Å²) >= 11 is 0. The van der Waals surface area contributed by atoms with E-state index in [0.717, 1.165) is 0 Å². The number of hydrogen-bond donors (Lipinski definition) is 7. The molecule has 0 radical (unpaired) electrons. The van der Waals surface area contributed by atoms with E-state index in [-0.39, 0.29) is 12.4 Å². The minimum atomic E-state index is -2.07. The zero-order chi connectivity index (χ0) is 14.2. The predicted octanol–water partition coefficient (Wildman–Crippen LogP) is -3.28. The fourth-order valence-electron chi connectivity index (χ4n) is 0.465. The fraction of sp³-hybridized carbons (Fsp3) is 0.571. The molecule has 11 heteroatoms. The Morgan fingerprint density at radius 3 is 1.39 bits per heavy atom. The van der Waals surface area contributed by atoms with Crippen LogP contribution in [0.15, 0.2) is 0 Å². The Labute approximate surface area is 106 Å². The summed E-state index contributed by atoms with van der Waals surface area (Å²) in [4.78, 5) is 28.2. The largest absolute Gasteiger partial charge is 0.479 e. The second-order valence-electron chi connectivity index (χ2n) is 2.63. The van der Waals surface area contributed by atoms with Crippen LogP contribution in [0.5, 0.6) is 0 Å². The van der Waals surface area contributed by atoms with Gasteiger partial charge in [0.05, 0.1) is 6.61 Å². The van der Waals surface area contributed by atoms with E-state index >= 15 is 0 Å². The molecule has 0 aromatic rings. The second kappa shape index (κ2) is 10.7. The Kier molecular flexibility index (Phi) is 12.9. The van der Waals surface area contributed by atoms with Crippen molar-refractivity contribution < 1.29 is 50.1 Å². The lowest BCUT2D eigenvalue weighted by Gasteiger charge is -2.17. The van der Waals surface area contributed by atoms with E-state index in [1.165, 1.54) is 0 Å². The molecule has 0 amide bonds. The average molecular weight is 293 g/mol. The van der Waals surface area contributed by atoms with Crippen LogP contribution >= 0.6 is 12.4 Å². The maximum absolute atomic E-state index is 9.96. The number of halogens is 1. The maximum atomic E-state index is 9.96. The molecule has 0 aromatic carbocycles. The molecule has 0 unspecified atom stereocenters. The molecule has 0 fully saturated rings. The van der Waals surface area contributed by atoms with E-state index in [1.54, 1.807) is 0 Å². The first-order valence-corrected chi connectivity index (χ1v) is 3.99. The highest BCUT2D eigenvalue weighted by atomic mass is 35.5. The fourth-order valence-corrected chi connectivity index (χ4v) is 0.465. The van der Waals surface area contributed by atoms with Crippen molar-refractivity contribution in [3.63, 3.8) is 0 Å². The van der Waals surface area contributed by atoms with E-state index < -0.39 is 42.8 Å². The van der Waals surface area contributed by atoms with Gasteiger partial charge in [-0.1, -0.05) is 0 Å². The standard InChI is InChI=1S/C5H10O6.C2H2O4.ClH/c6-1-2(7)3(8)4(9)5(10)11;3-1(4)2(5)6;/h2-4,6-9H,1H2,(H,10,11);(H,3,4)(H,5,6);1H/t2-,3+,4-;;/m1../s1. The van der Waals surface area contributed by atoms with Gasteiger partial charge in [-0.25, -0.2) is 14.4 Å². The molecule has 0 aromatic heterocycles. The van der Waals surface area contributed by atoms with Crippen molar-refractivity contribution in [3.8, 4) is 0 Å². The maximum Gasteiger partial charge on any atom is 0.414 e. The molecule has 0 rings (SSSR count). The van der Waals surface area contributed by atoms with Gasteiger partial charge in [-0.05, 0) is 0 Å². The van der Waals surface area contributed by atoms with Gasteiger partial charge in [0, 0.05) is 0 Å². The summed E-state index contributed by atoms with van der Waals surface area (Å²) in [7, 11) is 0. The van der Waals surface area contributed by atoms with Crippen LogP contribution in [0.2, 0.25) is 0 Å². The molecular formula is C7H13ClO10. The summed E-state index contributed by atoms with van der Waals surface area (Å²) in [6.07, 6.45) is -5.57. The first kappa shape index (κ1) is 21.8. The Balaban J connectivity index is -0.000000277. The average Bonchev–Trinajstić information content (AvgIpc) is 2.26. The molecular weight excluding hydrogens is 280 g/mol. The number of rotatable bonds is 4. The van der Waals surface area contributed by atoms with Gasteiger partial charge in [-0.15, -0.1) is 12.4 Å². The van der Waals surface area contributed by atoms with Gasteiger partial charge in [0.15, 0.2) is 6.10 Å².